The van der Waals surface area contributed by atoms with Crippen LogP contribution in [-0.2, 0) is 0 Å². The third kappa shape index (κ3) is 3.50. The van der Waals surface area contributed by atoms with Crippen molar-refractivity contribution in [3.63, 3.8) is 0 Å². The molecule has 0 fully saturated rings. The van der Waals surface area contributed by atoms with E-state index >= 15 is 0 Å². The van der Waals surface area contributed by atoms with Crippen LogP contribution in [0, 0.1) is 0 Å². The minimum absolute atomic E-state index is 0.175. The average molecular weight is 410 g/mol. The maximum absolute atomic E-state index is 12.7. The first-order valence-corrected chi connectivity index (χ1v) is 9.12. The summed E-state index contributed by atoms with van der Waals surface area (Å²) in [6.45, 7) is 0. The number of halogens is 2. The van der Waals surface area contributed by atoms with Crippen molar-refractivity contribution in [1.82, 2.24) is 9.55 Å². The maximum atomic E-state index is 12.7. The maximum Gasteiger partial charge on any atom is 0.263 e. The van der Waals surface area contributed by atoms with Gasteiger partial charge in [0.25, 0.3) is 11.8 Å². The number of hydrogen-bond donors (Lipinski definition) is 1. The van der Waals surface area contributed by atoms with Gasteiger partial charge in [0, 0.05) is 16.3 Å². The van der Waals surface area contributed by atoms with E-state index < -0.39 is 0 Å². The summed E-state index contributed by atoms with van der Waals surface area (Å²) in [6, 6.07) is 18.8. The van der Waals surface area contributed by atoms with Gasteiger partial charge in [-0.2, -0.15) is 0 Å². The van der Waals surface area contributed by atoms with Gasteiger partial charge in [0.05, 0.1) is 21.6 Å². The van der Waals surface area contributed by atoms with Crippen molar-refractivity contribution in [2.24, 2.45) is 0 Å². The minimum atomic E-state index is -0.383. The van der Waals surface area contributed by atoms with Crippen LogP contribution in [0.5, 0.6) is 0 Å². The summed E-state index contributed by atoms with van der Waals surface area (Å²) in [5.41, 5.74) is 2.60. The van der Waals surface area contributed by atoms with E-state index in [2.05, 4.69) is 10.3 Å². The molecule has 0 unspecified atom stereocenters. The van der Waals surface area contributed by atoms with Crippen molar-refractivity contribution in [3.05, 3.63) is 94.2 Å². The summed E-state index contributed by atoms with van der Waals surface area (Å²) >= 11 is 12.0. The molecule has 0 spiro atoms. The van der Waals surface area contributed by atoms with Crippen LogP contribution in [0.25, 0.3) is 11.0 Å². The standard InChI is InChI=1S/C21H13Cl2N3O2/c22-14-6-8-17(23)16(10-14)20(27)25-15-7-9-19-18(11-15)24-12-26(19)21(28)13-4-2-1-3-5-13/h1-12H,(H,25,27). The molecule has 0 aliphatic heterocycles. The summed E-state index contributed by atoms with van der Waals surface area (Å²) in [4.78, 5) is 29.4. The highest BCUT2D eigenvalue weighted by Gasteiger charge is 2.15. The molecule has 3 aromatic carbocycles. The van der Waals surface area contributed by atoms with Crippen LogP contribution < -0.4 is 5.32 Å². The molecule has 0 radical (unpaired) electrons. The van der Waals surface area contributed by atoms with E-state index in [1.165, 1.54) is 17.0 Å². The number of carbonyl (C=O) groups excluding carboxylic acids is 2. The third-order valence-electron chi connectivity index (χ3n) is 4.22. The van der Waals surface area contributed by atoms with Crippen LogP contribution in [0.3, 0.4) is 0 Å². The number of nitrogens with zero attached hydrogens (tertiary/aromatic N) is 2. The molecule has 1 N–H and O–H groups in total. The van der Waals surface area contributed by atoms with Crippen LogP contribution in [0.4, 0.5) is 5.69 Å². The van der Waals surface area contributed by atoms with Crippen LogP contribution in [0.1, 0.15) is 20.7 Å². The second kappa shape index (κ2) is 7.46. The van der Waals surface area contributed by atoms with Crippen molar-refractivity contribution >= 4 is 51.7 Å². The second-order valence-electron chi connectivity index (χ2n) is 6.07. The normalized spacial score (nSPS) is 10.8. The average Bonchev–Trinajstić information content (AvgIpc) is 3.13. The molecule has 1 aromatic heterocycles. The number of carbonyl (C=O) groups is 2. The molecule has 0 aliphatic rings. The first kappa shape index (κ1) is 18.2. The predicted octanol–water partition coefficient (Wildman–Crippen LogP) is 5.28. The third-order valence-corrected chi connectivity index (χ3v) is 4.78. The van der Waals surface area contributed by atoms with Crippen molar-refractivity contribution in [2.75, 3.05) is 5.32 Å². The van der Waals surface area contributed by atoms with Gasteiger partial charge in [0.15, 0.2) is 0 Å². The molecule has 5 nitrogen and oxygen atoms in total. The fraction of sp³-hybridized carbons (Fsp3) is 0. The molecule has 0 atom stereocenters. The number of hydrogen-bond acceptors (Lipinski definition) is 3. The molecular weight excluding hydrogens is 397 g/mol. The van der Waals surface area contributed by atoms with Crippen LogP contribution in [0.2, 0.25) is 10.0 Å². The van der Waals surface area contributed by atoms with Crippen molar-refractivity contribution in [3.8, 4) is 0 Å². The molecule has 28 heavy (non-hydrogen) atoms. The minimum Gasteiger partial charge on any atom is -0.322 e. The number of amides is 1. The quantitative estimate of drug-likeness (QED) is 0.500. The van der Waals surface area contributed by atoms with E-state index in [-0.39, 0.29) is 17.4 Å². The second-order valence-corrected chi connectivity index (χ2v) is 6.91. The molecule has 7 heteroatoms. The lowest BCUT2D eigenvalue weighted by Crippen LogP contribution is -2.13. The Hall–Kier alpha value is -3.15. The summed E-state index contributed by atoms with van der Waals surface area (Å²) in [6.07, 6.45) is 1.47. The molecule has 0 saturated carbocycles. The van der Waals surface area contributed by atoms with Gasteiger partial charge in [0.2, 0.25) is 0 Å². The fourth-order valence-corrected chi connectivity index (χ4v) is 3.22. The smallest absolute Gasteiger partial charge is 0.263 e. The Morgan fingerprint density at radius 3 is 2.50 bits per heavy atom. The van der Waals surface area contributed by atoms with E-state index in [4.69, 9.17) is 23.2 Å². The largest absolute Gasteiger partial charge is 0.322 e. The summed E-state index contributed by atoms with van der Waals surface area (Å²) in [5, 5.41) is 3.50. The number of imidazole rings is 1. The zero-order valence-electron chi connectivity index (χ0n) is 14.4. The van der Waals surface area contributed by atoms with Crippen molar-refractivity contribution in [1.29, 1.82) is 0 Å². The van der Waals surface area contributed by atoms with Gasteiger partial charge >= 0.3 is 0 Å². The predicted molar refractivity (Wildman–Crippen MR) is 110 cm³/mol. The molecule has 0 saturated heterocycles. The lowest BCUT2D eigenvalue weighted by molar-refractivity contribution is 0.0963. The molecule has 1 heterocycles. The van der Waals surface area contributed by atoms with Gasteiger partial charge in [-0.05, 0) is 48.5 Å². The first-order valence-electron chi connectivity index (χ1n) is 8.36. The van der Waals surface area contributed by atoms with E-state index in [9.17, 15) is 9.59 Å². The van der Waals surface area contributed by atoms with E-state index in [0.717, 1.165) is 0 Å². The Morgan fingerprint density at radius 1 is 0.929 bits per heavy atom. The zero-order chi connectivity index (χ0) is 19.7. The summed E-state index contributed by atoms with van der Waals surface area (Å²) in [7, 11) is 0. The molecule has 0 bridgehead atoms. The molecule has 1 amide bonds. The molecule has 4 rings (SSSR count). The van der Waals surface area contributed by atoms with Crippen LogP contribution >= 0.6 is 23.2 Å². The number of anilines is 1. The first-order chi connectivity index (χ1) is 13.5. The van der Waals surface area contributed by atoms with E-state index in [1.807, 2.05) is 6.07 Å². The number of fused-ring (bicyclic) bond motifs is 1. The highest BCUT2D eigenvalue weighted by Crippen LogP contribution is 2.23. The van der Waals surface area contributed by atoms with E-state index in [1.54, 1.807) is 54.6 Å². The summed E-state index contributed by atoms with van der Waals surface area (Å²) in [5.74, 6) is -0.558. The number of rotatable bonds is 3. The Bertz CT molecular complexity index is 1200. The molecule has 4 aromatic rings. The van der Waals surface area contributed by atoms with Gasteiger partial charge in [-0.1, -0.05) is 41.4 Å². The highest BCUT2D eigenvalue weighted by atomic mass is 35.5. The number of benzene rings is 3. The Labute approximate surface area is 170 Å². The van der Waals surface area contributed by atoms with Gasteiger partial charge in [-0.3, -0.25) is 14.2 Å². The molecule has 138 valence electrons. The number of nitrogens with one attached hydrogen (secondary N) is 1. The monoisotopic (exact) mass is 409 g/mol. The van der Waals surface area contributed by atoms with Crippen molar-refractivity contribution in [2.45, 2.75) is 0 Å². The highest BCUT2D eigenvalue weighted by molar-refractivity contribution is 6.36. The SMILES string of the molecule is O=C(Nc1ccc2c(c1)ncn2C(=O)c1ccccc1)c1cc(Cl)ccc1Cl. The van der Waals surface area contributed by atoms with Crippen LogP contribution in [-0.4, -0.2) is 21.4 Å². The Balaban J connectivity index is 1.62. The summed E-state index contributed by atoms with van der Waals surface area (Å²) < 4.78 is 1.48. The Kier molecular flexibility index (Phi) is 4.86. The van der Waals surface area contributed by atoms with Gasteiger partial charge in [-0.25, -0.2) is 4.98 Å². The molecular formula is C21H13Cl2N3O2. The van der Waals surface area contributed by atoms with Gasteiger partial charge in [-0.15, -0.1) is 0 Å². The van der Waals surface area contributed by atoms with Crippen molar-refractivity contribution < 1.29 is 9.59 Å². The topological polar surface area (TPSA) is 64.0 Å². The Morgan fingerprint density at radius 2 is 1.71 bits per heavy atom. The lowest BCUT2D eigenvalue weighted by Gasteiger charge is -2.08. The number of aromatic nitrogens is 2. The lowest BCUT2D eigenvalue weighted by atomic mass is 10.2. The van der Waals surface area contributed by atoms with Gasteiger partial charge in [0.1, 0.15) is 6.33 Å². The fourth-order valence-electron chi connectivity index (χ4n) is 2.84. The van der Waals surface area contributed by atoms with E-state index in [0.29, 0.717) is 32.3 Å². The zero-order valence-corrected chi connectivity index (χ0v) is 15.9. The van der Waals surface area contributed by atoms with Crippen LogP contribution in [0.15, 0.2) is 73.1 Å². The molecule has 0 aliphatic carbocycles. The van der Waals surface area contributed by atoms with Gasteiger partial charge < -0.3 is 5.32 Å².